The molecule has 1 unspecified atom stereocenters. The summed E-state index contributed by atoms with van der Waals surface area (Å²) in [6, 6.07) is 17.6. The van der Waals surface area contributed by atoms with Gasteiger partial charge in [-0.1, -0.05) is 37.6 Å². The van der Waals surface area contributed by atoms with E-state index in [-0.39, 0.29) is 11.8 Å². The van der Waals surface area contributed by atoms with E-state index >= 15 is 0 Å². The Morgan fingerprint density at radius 1 is 1.03 bits per heavy atom. The molecule has 1 aromatic heterocycles. The third-order valence-corrected chi connectivity index (χ3v) is 6.07. The fourth-order valence-corrected chi connectivity index (χ4v) is 4.37. The topological polar surface area (TPSA) is 66.4 Å². The minimum Gasteiger partial charge on any atom is -0.371 e. The molecule has 2 heterocycles. The van der Waals surface area contributed by atoms with Gasteiger partial charge in [-0.15, -0.1) is 0 Å². The maximum absolute atomic E-state index is 12.9. The van der Waals surface area contributed by atoms with Crippen molar-refractivity contribution in [3.05, 3.63) is 60.8 Å². The fourth-order valence-electron chi connectivity index (χ4n) is 4.37. The maximum Gasteiger partial charge on any atom is 0.246 e. The van der Waals surface area contributed by atoms with Crippen LogP contribution in [0.4, 0.5) is 11.4 Å². The van der Waals surface area contributed by atoms with Crippen LogP contribution in [0, 0.1) is 0 Å². The van der Waals surface area contributed by atoms with E-state index in [2.05, 4.69) is 44.4 Å². The Morgan fingerprint density at radius 2 is 1.84 bits per heavy atom. The molecule has 1 fully saturated rings. The van der Waals surface area contributed by atoms with E-state index in [9.17, 15) is 9.59 Å². The Balaban J connectivity index is 1.34. The molecule has 0 aliphatic carbocycles. The second kappa shape index (κ2) is 10.4. The number of carbonyl (C=O) groups excluding carboxylic acids is 2. The molecule has 3 aromatic rings. The molecule has 1 saturated heterocycles. The van der Waals surface area contributed by atoms with E-state index in [0.29, 0.717) is 19.4 Å². The number of rotatable bonds is 9. The molecule has 168 valence electrons. The molecule has 0 bridgehead atoms. The van der Waals surface area contributed by atoms with Gasteiger partial charge in [-0.05, 0) is 55.0 Å². The number of aryl methyl sites for hydroxylation is 1. The van der Waals surface area contributed by atoms with Gasteiger partial charge in [0.05, 0.1) is 0 Å². The van der Waals surface area contributed by atoms with Crippen molar-refractivity contribution in [1.29, 1.82) is 0 Å². The van der Waals surface area contributed by atoms with Crippen LogP contribution in [-0.4, -0.2) is 35.5 Å². The normalized spacial score (nSPS) is 14.5. The summed E-state index contributed by atoms with van der Waals surface area (Å²) >= 11 is 0. The predicted octanol–water partition coefficient (Wildman–Crippen LogP) is 4.56. The van der Waals surface area contributed by atoms with Crippen molar-refractivity contribution in [2.75, 3.05) is 23.3 Å². The summed E-state index contributed by atoms with van der Waals surface area (Å²) < 4.78 is 2.08. The minimum absolute atomic E-state index is 0.109. The summed E-state index contributed by atoms with van der Waals surface area (Å²) in [6.07, 6.45) is 6.17. The molecular weight excluding hydrogens is 400 g/mol. The monoisotopic (exact) mass is 432 g/mol. The molecule has 2 N–H and O–H groups in total. The van der Waals surface area contributed by atoms with E-state index in [1.807, 2.05) is 43.5 Å². The van der Waals surface area contributed by atoms with Crippen LogP contribution in [0.1, 0.15) is 39.0 Å². The van der Waals surface area contributed by atoms with Gasteiger partial charge in [0.1, 0.15) is 6.04 Å². The summed E-state index contributed by atoms with van der Waals surface area (Å²) in [6.45, 7) is 4.72. The van der Waals surface area contributed by atoms with E-state index in [1.54, 1.807) is 0 Å². The highest BCUT2D eigenvalue weighted by molar-refractivity contribution is 5.97. The first-order valence-electron chi connectivity index (χ1n) is 11.6. The lowest BCUT2D eigenvalue weighted by Crippen LogP contribution is -2.44. The Morgan fingerprint density at radius 3 is 2.66 bits per heavy atom. The Labute approximate surface area is 189 Å². The third-order valence-electron chi connectivity index (χ3n) is 6.07. The van der Waals surface area contributed by atoms with E-state index in [4.69, 9.17) is 0 Å². The average molecular weight is 433 g/mol. The summed E-state index contributed by atoms with van der Waals surface area (Å²) in [5.74, 6) is -0.271. The number of amides is 2. The Kier molecular flexibility index (Phi) is 7.10. The first kappa shape index (κ1) is 21.9. The number of carbonyl (C=O) groups is 2. The number of anilines is 2. The van der Waals surface area contributed by atoms with Gasteiger partial charge >= 0.3 is 0 Å². The second-order valence-corrected chi connectivity index (χ2v) is 8.46. The maximum atomic E-state index is 12.9. The van der Waals surface area contributed by atoms with Gasteiger partial charge in [0.25, 0.3) is 0 Å². The van der Waals surface area contributed by atoms with Crippen molar-refractivity contribution in [2.45, 2.75) is 51.6 Å². The van der Waals surface area contributed by atoms with Gasteiger partial charge < -0.3 is 20.1 Å². The standard InChI is InChI=1S/C26H32N4O2/c1-2-8-23(26(32)27-21-10-7-11-22(19-21)29-15-5-6-16-29)28-25(31)14-18-30-17-13-20-9-3-4-12-24(20)30/h3-4,7,9-13,17,19,23H,2,5-6,8,14-16,18H2,1H3,(H,27,32)(H,28,31). The number of benzene rings is 2. The largest absolute Gasteiger partial charge is 0.371 e. The smallest absolute Gasteiger partial charge is 0.246 e. The van der Waals surface area contributed by atoms with Crippen LogP contribution in [0.5, 0.6) is 0 Å². The SMILES string of the molecule is CCCC(NC(=O)CCn1ccc2ccccc21)C(=O)Nc1cccc(N2CCCC2)c1. The zero-order chi connectivity index (χ0) is 22.3. The van der Waals surface area contributed by atoms with Crippen LogP contribution in [0.25, 0.3) is 10.9 Å². The summed E-state index contributed by atoms with van der Waals surface area (Å²) in [5.41, 5.74) is 3.02. The summed E-state index contributed by atoms with van der Waals surface area (Å²) in [5, 5.41) is 7.11. The molecule has 1 aliphatic heterocycles. The first-order chi connectivity index (χ1) is 15.6. The van der Waals surface area contributed by atoms with Gasteiger partial charge in [-0.3, -0.25) is 9.59 Å². The van der Waals surface area contributed by atoms with Crippen LogP contribution < -0.4 is 15.5 Å². The zero-order valence-electron chi connectivity index (χ0n) is 18.7. The van der Waals surface area contributed by atoms with Crippen molar-refractivity contribution in [3.8, 4) is 0 Å². The number of fused-ring (bicyclic) bond motifs is 1. The fraction of sp³-hybridized carbons (Fsp3) is 0.385. The number of hydrogen-bond acceptors (Lipinski definition) is 3. The molecule has 0 saturated carbocycles. The van der Waals surface area contributed by atoms with Crippen LogP contribution in [0.2, 0.25) is 0 Å². The van der Waals surface area contributed by atoms with E-state index in [0.717, 1.165) is 41.8 Å². The van der Waals surface area contributed by atoms with Gasteiger partial charge in [0.15, 0.2) is 0 Å². The lowest BCUT2D eigenvalue weighted by Gasteiger charge is -2.20. The average Bonchev–Trinajstić information content (AvgIpc) is 3.48. The highest BCUT2D eigenvalue weighted by Crippen LogP contribution is 2.23. The molecule has 6 nitrogen and oxygen atoms in total. The van der Waals surface area contributed by atoms with Crippen molar-refractivity contribution < 1.29 is 9.59 Å². The van der Waals surface area contributed by atoms with Crippen molar-refractivity contribution in [2.24, 2.45) is 0 Å². The third kappa shape index (κ3) is 5.31. The van der Waals surface area contributed by atoms with E-state index in [1.165, 1.54) is 12.8 Å². The molecule has 6 heteroatoms. The number of nitrogens with one attached hydrogen (secondary N) is 2. The molecule has 2 aromatic carbocycles. The van der Waals surface area contributed by atoms with Crippen molar-refractivity contribution in [1.82, 2.24) is 9.88 Å². The van der Waals surface area contributed by atoms with Crippen LogP contribution in [0.3, 0.4) is 0 Å². The molecule has 32 heavy (non-hydrogen) atoms. The second-order valence-electron chi connectivity index (χ2n) is 8.46. The van der Waals surface area contributed by atoms with Crippen LogP contribution in [-0.2, 0) is 16.1 Å². The van der Waals surface area contributed by atoms with Gasteiger partial charge in [0, 0.05) is 49.1 Å². The van der Waals surface area contributed by atoms with Gasteiger partial charge in [-0.2, -0.15) is 0 Å². The number of hydrogen-bond donors (Lipinski definition) is 2. The number of para-hydroxylation sites is 1. The predicted molar refractivity (Wildman–Crippen MR) is 130 cm³/mol. The van der Waals surface area contributed by atoms with Crippen LogP contribution in [0.15, 0.2) is 60.8 Å². The number of aromatic nitrogens is 1. The first-order valence-corrected chi connectivity index (χ1v) is 11.6. The highest BCUT2D eigenvalue weighted by Gasteiger charge is 2.21. The molecule has 2 amide bonds. The molecule has 0 radical (unpaired) electrons. The molecule has 1 atom stereocenters. The van der Waals surface area contributed by atoms with Gasteiger partial charge in [0.2, 0.25) is 11.8 Å². The molecule has 0 spiro atoms. The quantitative estimate of drug-likeness (QED) is 0.521. The number of nitrogens with zero attached hydrogens (tertiary/aromatic N) is 2. The molecule has 1 aliphatic rings. The van der Waals surface area contributed by atoms with E-state index < -0.39 is 6.04 Å². The lowest BCUT2D eigenvalue weighted by molar-refractivity contribution is -0.126. The molecule has 4 rings (SSSR count). The zero-order valence-corrected chi connectivity index (χ0v) is 18.7. The Hall–Kier alpha value is -3.28. The lowest BCUT2D eigenvalue weighted by atomic mass is 10.1. The summed E-state index contributed by atoms with van der Waals surface area (Å²) in [4.78, 5) is 27.9. The van der Waals surface area contributed by atoms with Crippen LogP contribution >= 0.6 is 0 Å². The van der Waals surface area contributed by atoms with Crippen molar-refractivity contribution >= 4 is 34.1 Å². The minimum atomic E-state index is -0.538. The highest BCUT2D eigenvalue weighted by atomic mass is 16.2. The van der Waals surface area contributed by atoms with Gasteiger partial charge in [-0.25, -0.2) is 0 Å². The van der Waals surface area contributed by atoms with Crippen molar-refractivity contribution in [3.63, 3.8) is 0 Å². The summed E-state index contributed by atoms with van der Waals surface area (Å²) in [7, 11) is 0. The Bertz CT molecular complexity index is 1070. The molecular formula is C26H32N4O2.